The normalized spacial score (nSPS) is 12.4. The van der Waals surface area contributed by atoms with Gasteiger partial charge >= 0.3 is 0 Å². The summed E-state index contributed by atoms with van der Waals surface area (Å²) >= 11 is 7.83. The second kappa shape index (κ2) is 6.23. The average Bonchev–Trinajstić information content (AvgIpc) is 2.38. The van der Waals surface area contributed by atoms with E-state index < -0.39 is 0 Å². The van der Waals surface area contributed by atoms with Gasteiger partial charge in [0.25, 0.3) is 0 Å². The fraction of sp³-hybridized carbons (Fsp3) is 0.214. The summed E-state index contributed by atoms with van der Waals surface area (Å²) in [6.07, 6.45) is 3.44. The van der Waals surface area contributed by atoms with Crippen molar-refractivity contribution in [3.8, 4) is 0 Å². The lowest BCUT2D eigenvalue weighted by molar-refractivity contribution is 0.815. The number of pyridine rings is 1. The number of aromatic nitrogens is 1. The van der Waals surface area contributed by atoms with E-state index in [0.717, 1.165) is 16.9 Å². The number of rotatable bonds is 4. The van der Waals surface area contributed by atoms with E-state index in [4.69, 9.17) is 17.3 Å². The molecule has 0 fully saturated rings. The fourth-order valence-electron chi connectivity index (χ4n) is 1.57. The first-order valence-corrected chi connectivity index (χ1v) is 7.10. The minimum absolute atomic E-state index is 0.0649. The van der Waals surface area contributed by atoms with Gasteiger partial charge in [-0.2, -0.15) is 0 Å². The molecule has 0 saturated heterocycles. The molecule has 4 heteroatoms. The molecule has 0 bridgehead atoms. The summed E-state index contributed by atoms with van der Waals surface area (Å²) in [5, 5.41) is 0.716. The van der Waals surface area contributed by atoms with Gasteiger partial charge in [0.1, 0.15) is 0 Å². The largest absolute Gasteiger partial charge is 0.324 e. The zero-order valence-electron chi connectivity index (χ0n) is 10.1. The molecule has 94 valence electrons. The van der Waals surface area contributed by atoms with Crippen molar-refractivity contribution in [1.82, 2.24) is 4.98 Å². The number of hydrogen-bond donors (Lipinski definition) is 1. The van der Waals surface area contributed by atoms with Gasteiger partial charge in [-0.25, -0.2) is 0 Å². The Morgan fingerprint density at radius 2 is 2.22 bits per heavy atom. The van der Waals surface area contributed by atoms with E-state index in [0.29, 0.717) is 5.02 Å². The van der Waals surface area contributed by atoms with Crippen LogP contribution in [0.4, 0.5) is 0 Å². The summed E-state index contributed by atoms with van der Waals surface area (Å²) < 4.78 is 0. The van der Waals surface area contributed by atoms with Gasteiger partial charge in [0.2, 0.25) is 0 Å². The Morgan fingerprint density at radius 1 is 1.39 bits per heavy atom. The molecule has 0 spiro atoms. The van der Waals surface area contributed by atoms with Crippen molar-refractivity contribution >= 4 is 23.4 Å². The molecular weight excluding hydrogens is 264 g/mol. The quantitative estimate of drug-likeness (QED) is 0.858. The van der Waals surface area contributed by atoms with E-state index in [1.165, 1.54) is 4.90 Å². The zero-order chi connectivity index (χ0) is 13.0. The molecule has 18 heavy (non-hydrogen) atoms. The Balaban J connectivity index is 2.07. The highest BCUT2D eigenvalue weighted by atomic mass is 35.5. The average molecular weight is 279 g/mol. The Labute approximate surface area is 117 Å². The van der Waals surface area contributed by atoms with Crippen LogP contribution >= 0.6 is 23.4 Å². The van der Waals surface area contributed by atoms with E-state index in [1.807, 2.05) is 25.1 Å². The number of benzene rings is 1. The van der Waals surface area contributed by atoms with Crippen LogP contribution in [0.1, 0.15) is 24.1 Å². The molecule has 0 amide bonds. The third kappa shape index (κ3) is 3.48. The Kier molecular flexibility index (Phi) is 4.64. The standard InChI is InChI=1S/C14H15ClN2S/c1-10(16)11-3-2-4-13(7-11)18-9-12-5-6-17-8-14(12)15/h2-8,10H,9,16H2,1H3. The summed E-state index contributed by atoms with van der Waals surface area (Å²) in [7, 11) is 0. The van der Waals surface area contributed by atoms with Crippen molar-refractivity contribution in [3.63, 3.8) is 0 Å². The molecule has 2 aromatic rings. The molecule has 0 saturated carbocycles. The van der Waals surface area contributed by atoms with Gasteiger partial charge < -0.3 is 5.73 Å². The molecule has 2 nitrogen and oxygen atoms in total. The van der Waals surface area contributed by atoms with Gasteiger partial charge in [-0.1, -0.05) is 23.7 Å². The van der Waals surface area contributed by atoms with Crippen LogP contribution in [0.25, 0.3) is 0 Å². The maximum absolute atomic E-state index is 6.08. The maximum Gasteiger partial charge on any atom is 0.0629 e. The van der Waals surface area contributed by atoms with Crippen LogP contribution in [-0.2, 0) is 5.75 Å². The molecule has 1 aromatic carbocycles. The lowest BCUT2D eigenvalue weighted by Gasteiger charge is -2.08. The van der Waals surface area contributed by atoms with E-state index >= 15 is 0 Å². The first kappa shape index (κ1) is 13.4. The van der Waals surface area contributed by atoms with Gasteiger partial charge in [-0.3, -0.25) is 4.98 Å². The number of nitrogens with two attached hydrogens (primary N) is 1. The monoisotopic (exact) mass is 278 g/mol. The second-order valence-electron chi connectivity index (χ2n) is 4.12. The molecule has 0 aliphatic rings. The number of nitrogens with zero attached hydrogens (tertiary/aromatic N) is 1. The maximum atomic E-state index is 6.08. The van der Waals surface area contributed by atoms with Crippen LogP contribution in [-0.4, -0.2) is 4.98 Å². The van der Waals surface area contributed by atoms with Crippen LogP contribution in [0.15, 0.2) is 47.6 Å². The lowest BCUT2D eigenvalue weighted by atomic mass is 10.1. The summed E-state index contributed by atoms with van der Waals surface area (Å²) in [5.41, 5.74) is 8.13. The summed E-state index contributed by atoms with van der Waals surface area (Å²) in [6.45, 7) is 1.99. The fourth-order valence-corrected chi connectivity index (χ4v) is 2.80. The number of thioether (sulfide) groups is 1. The molecule has 1 heterocycles. The van der Waals surface area contributed by atoms with Crippen molar-refractivity contribution in [3.05, 3.63) is 58.9 Å². The predicted octanol–water partition coefficient (Wildman–Crippen LogP) is 4.05. The molecule has 1 unspecified atom stereocenters. The minimum atomic E-state index is 0.0649. The second-order valence-corrected chi connectivity index (χ2v) is 5.57. The molecule has 0 aliphatic heterocycles. The minimum Gasteiger partial charge on any atom is -0.324 e. The van der Waals surface area contributed by atoms with Crippen molar-refractivity contribution < 1.29 is 0 Å². The SMILES string of the molecule is CC(N)c1cccc(SCc2ccncc2Cl)c1. The van der Waals surface area contributed by atoms with E-state index in [1.54, 1.807) is 24.2 Å². The Morgan fingerprint density at radius 3 is 2.94 bits per heavy atom. The molecule has 2 N–H and O–H groups in total. The van der Waals surface area contributed by atoms with Gasteiger partial charge in [-0.05, 0) is 36.2 Å². The molecule has 0 aliphatic carbocycles. The predicted molar refractivity (Wildman–Crippen MR) is 77.9 cm³/mol. The van der Waals surface area contributed by atoms with Crippen molar-refractivity contribution in [2.24, 2.45) is 5.73 Å². The Bertz CT molecular complexity index is 529. The first-order valence-electron chi connectivity index (χ1n) is 5.73. The van der Waals surface area contributed by atoms with Gasteiger partial charge in [0.05, 0.1) is 5.02 Å². The topological polar surface area (TPSA) is 38.9 Å². The van der Waals surface area contributed by atoms with Crippen LogP contribution in [0, 0.1) is 0 Å². The molecule has 0 radical (unpaired) electrons. The van der Waals surface area contributed by atoms with Gasteiger partial charge in [0, 0.05) is 29.1 Å². The van der Waals surface area contributed by atoms with Gasteiger partial charge in [0.15, 0.2) is 0 Å². The zero-order valence-corrected chi connectivity index (χ0v) is 11.7. The molecular formula is C14H15ClN2S. The lowest BCUT2D eigenvalue weighted by Crippen LogP contribution is -2.04. The molecule has 2 rings (SSSR count). The van der Waals surface area contributed by atoms with Crippen LogP contribution < -0.4 is 5.73 Å². The summed E-state index contributed by atoms with van der Waals surface area (Å²) in [4.78, 5) is 5.19. The van der Waals surface area contributed by atoms with Gasteiger partial charge in [-0.15, -0.1) is 11.8 Å². The third-order valence-electron chi connectivity index (χ3n) is 2.63. The van der Waals surface area contributed by atoms with E-state index in [-0.39, 0.29) is 6.04 Å². The van der Waals surface area contributed by atoms with E-state index in [9.17, 15) is 0 Å². The highest BCUT2D eigenvalue weighted by molar-refractivity contribution is 7.98. The van der Waals surface area contributed by atoms with Crippen molar-refractivity contribution in [1.29, 1.82) is 0 Å². The highest BCUT2D eigenvalue weighted by Crippen LogP contribution is 2.27. The molecule has 1 aromatic heterocycles. The third-order valence-corrected chi connectivity index (χ3v) is 4.02. The smallest absolute Gasteiger partial charge is 0.0629 e. The summed E-state index contributed by atoms with van der Waals surface area (Å²) in [6, 6.07) is 10.3. The van der Waals surface area contributed by atoms with Crippen molar-refractivity contribution in [2.45, 2.75) is 23.6 Å². The van der Waals surface area contributed by atoms with Crippen LogP contribution in [0.3, 0.4) is 0 Å². The van der Waals surface area contributed by atoms with Crippen molar-refractivity contribution in [2.75, 3.05) is 0 Å². The summed E-state index contributed by atoms with van der Waals surface area (Å²) in [5.74, 6) is 0.837. The highest BCUT2D eigenvalue weighted by Gasteiger charge is 2.03. The first-order chi connectivity index (χ1) is 8.66. The number of halogens is 1. The number of hydrogen-bond acceptors (Lipinski definition) is 3. The van der Waals surface area contributed by atoms with E-state index in [2.05, 4.69) is 17.1 Å². The van der Waals surface area contributed by atoms with Crippen LogP contribution in [0.2, 0.25) is 5.02 Å². The Hall–Kier alpha value is -1.03. The molecule has 1 atom stereocenters. The van der Waals surface area contributed by atoms with Crippen LogP contribution in [0.5, 0.6) is 0 Å².